The number of carboxylic acid groups (broad SMARTS) is 1. The third-order valence-corrected chi connectivity index (χ3v) is 5.09. The van der Waals surface area contributed by atoms with Gasteiger partial charge in [0.1, 0.15) is 0 Å². The van der Waals surface area contributed by atoms with Gasteiger partial charge in [0.25, 0.3) is 5.91 Å². The van der Waals surface area contributed by atoms with Gasteiger partial charge in [-0.1, -0.05) is 12.1 Å². The van der Waals surface area contributed by atoms with Crippen molar-refractivity contribution in [3.8, 4) is 0 Å². The van der Waals surface area contributed by atoms with Crippen LogP contribution >= 0.6 is 0 Å². The normalized spacial score (nSPS) is 15.9. The lowest BCUT2D eigenvalue weighted by Gasteiger charge is -2.26. The molecule has 1 fully saturated rings. The first-order valence-corrected chi connectivity index (χ1v) is 9.49. The van der Waals surface area contributed by atoms with Crippen molar-refractivity contribution >= 4 is 29.1 Å². The van der Waals surface area contributed by atoms with E-state index >= 15 is 0 Å². The molecule has 2 aromatic carbocycles. The molecule has 0 spiro atoms. The van der Waals surface area contributed by atoms with Gasteiger partial charge in [-0.05, 0) is 42.8 Å². The molecule has 29 heavy (non-hydrogen) atoms. The number of ether oxygens (including phenoxy) is 1. The molecule has 0 aliphatic carbocycles. The number of carbonyl (C=O) groups excluding carboxylic acids is 1. The quantitative estimate of drug-likeness (QED) is 0.619. The van der Waals surface area contributed by atoms with Crippen molar-refractivity contribution in [2.24, 2.45) is 0 Å². The largest absolute Gasteiger partial charge is 0.465 e. The molecule has 2 aromatic rings. The molecule has 1 heterocycles. The molecule has 0 radical (unpaired) electrons. The molecule has 8 heteroatoms. The first-order chi connectivity index (χ1) is 14.0. The molecular formula is C21H26N4O4. The average molecular weight is 398 g/mol. The van der Waals surface area contributed by atoms with Crippen LogP contribution in [0.4, 0.5) is 21.9 Å². The summed E-state index contributed by atoms with van der Waals surface area (Å²) in [6.07, 6.45) is -0.174. The summed E-state index contributed by atoms with van der Waals surface area (Å²) in [5.41, 5.74) is 8.44. The first kappa shape index (κ1) is 20.5. The fourth-order valence-electron chi connectivity index (χ4n) is 3.48. The first-order valence-electron chi connectivity index (χ1n) is 9.49. The maximum absolute atomic E-state index is 12.5. The highest BCUT2D eigenvalue weighted by Gasteiger charge is 2.30. The molecule has 3 rings (SSSR count). The topological polar surface area (TPSA) is 108 Å². The zero-order valence-corrected chi connectivity index (χ0v) is 16.4. The third kappa shape index (κ3) is 4.97. The van der Waals surface area contributed by atoms with Gasteiger partial charge in [0.15, 0.2) is 0 Å². The van der Waals surface area contributed by atoms with Crippen LogP contribution in [-0.4, -0.2) is 61.4 Å². The minimum atomic E-state index is -0.930. The number of amides is 2. The fraction of sp³-hybridized carbons (Fsp3) is 0.333. The van der Waals surface area contributed by atoms with E-state index in [-0.39, 0.29) is 11.9 Å². The van der Waals surface area contributed by atoms with Gasteiger partial charge in [-0.25, -0.2) is 4.79 Å². The number of nitrogens with zero attached hydrogens (tertiary/aromatic N) is 2. The van der Waals surface area contributed by atoms with Crippen LogP contribution in [0.2, 0.25) is 0 Å². The van der Waals surface area contributed by atoms with E-state index in [0.29, 0.717) is 36.6 Å². The second kappa shape index (κ2) is 9.29. The van der Waals surface area contributed by atoms with E-state index in [1.54, 1.807) is 31.4 Å². The Morgan fingerprint density at radius 2 is 1.97 bits per heavy atom. The highest BCUT2D eigenvalue weighted by molar-refractivity contribution is 6.05. The predicted molar refractivity (Wildman–Crippen MR) is 112 cm³/mol. The molecule has 0 unspecified atom stereocenters. The second-order valence-corrected chi connectivity index (χ2v) is 6.95. The predicted octanol–water partition coefficient (Wildman–Crippen LogP) is 2.73. The summed E-state index contributed by atoms with van der Waals surface area (Å²) < 4.78 is 5.01. The summed E-state index contributed by atoms with van der Waals surface area (Å²) in [6.45, 7) is 2.10. The Morgan fingerprint density at radius 1 is 1.24 bits per heavy atom. The molecular weight excluding hydrogens is 372 g/mol. The van der Waals surface area contributed by atoms with E-state index in [0.717, 1.165) is 18.7 Å². The molecule has 1 aliphatic heterocycles. The molecule has 1 saturated heterocycles. The van der Waals surface area contributed by atoms with Gasteiger partial charge in [-0.15, -0.1) is 0 Å². The zero-order chi connectivity index (χ0) is 20.8. The monoisotopic (exact) mass is 398 g/mol. The summed E-state index contributed by atoms with van der Waals surface area (Å²) in [7, 11) is 1.56. The maximum atomic E-state index is 12.5. The standard InChI is InChI=1S/C21H26N4O4/c1-29-13-12-25(21(27)28)17-10-11-24(14-17)16-8-6-15(7-9-16)20(26)23-19-5-3-2-4-18(19)22/h2-9,17H,10-14,22H2,1H3,(H,23,26)(H,27,28)/t17-/m0/s1. The molecule has 4 N–H and O–H groups in total. The SMILES string of the molecule is COCCN(C(=O)O)[C@H]1CCN(c2ccc(C(=O)Nc3ccccc3N)cc2)C1. The number of anilines is 3. The van der Waals surface area contributed by atoms with E-state index in [1.165, 1.54) is 4.90 Å². The van der Waals surface area contributed by atoms with Gasteiger partial charge in [0.05, 0.1) is 24.0 Å². The number of rotatable bonds is 7. The van der Waals surface area contributed by atoms with Gasteiger partial charge < -0.3 is 30.7 Å². The number of carbonyl (C=O) groups is 2. The van der Waals surface area contributed by atoms with Crippen LogP contribution in [0.15, 0.2) is 48.5 Å². The van der Waals surface area contributed by atoms with Crippen molar-refractivity contribution in [2.45, 2.75) is 12.5 Å². The van der Waals surface area contributed by atoms with Crippen LogP contribution in [0.3, 0.4) is 0 Å². The van der Waals surface area contributed by atoms with Gasteiger partial charge in [-0.2, -0.15) is 0 Å². The molecule has 1 aliphatic rings. The molecule has 2 amide bonds. The van der Waals surface area contributed by atoms with Crippen molar-refractivity contribution in [2.75, 3.05) is 49.3 Å². The zero-order valence-electron chi connectivity index (χ0n) is 16.4. The van der Waals surface area contributed by atoms with E-state index in [2.05, 4.69) is 10.2 Å². The van der Waals surface area contributed by atoms with Crippen molar-refractivity contribution in [1.29, 1.82) is 0 Å². The molecule has 0 saturated carbocycles. The molecule has 154 valence electrons. The Morgan fingerprint density at radius 3 is 2.62 bits per heavy atom. The summed E-state index contributed by atoms with van der Waals surface area (Å²) in [5.74, 6) is -0.231. The van der Waals surface area contributed by atoms with E-state index in [1.807, 2.05) is 24.3 Å². The minimum Gasteiger partial charge on any atom is -0.465 e. The van der Waals surface area contributed by atoms with Crippen LogP contribution in [0.5, 0.6) is 0 Å². The summed E-state index contributed by atoms with van der Waals surface area (Å²) in [6, 6.07) is 14.3. The van der Waals surface area contributed by atoms with Gasteiger partial charge in [0.2, 0.25) is 0 Å². The van der Waals surface area contributed by atoms with Crippen LogP contribution in [0.1, 0.15) is 16.8 Å². The molecule has 0 bridgehead atoms. The highest BCUT2D eigenvalue weighted by Crippen LogP contribution is 2.24. The number of benzene rings is 2. The van der Waals surface area contributed by atoms with Crippen LogP contribution < -0.4 is 16.0 Å². The summed E-state index contributed by atoms with van der Waals surface area (Å²) in [5, 5.41) is 12.3. The lowest BCUT2D eigenvalue weighted by molar-refractivity contribution is 0.101. The van der Waals surface area contributed by atoms with Gasteiger partial charge in [-0.3, -0.25) is 4.79 Å². The number of methoxy groups -OCH3 is 1. The summed E-state index contributed by atoms with van der Waals surface area (Å²) >= 11 is 0. The Labute approximate surface area is 169 Å². The molecule has 1 atom stereocenters. The number of nitrogens with two attached hydrogens (primary N) is 1. The minimum absolute atomic E-state index is 0.0771. The molecule has 0 aromatic heterocycles. The van der Waals surface area contributed by atoms with Gasteiger partial charge in [0, 0.05) is 38.0 Å². The average Bonchev–Trinajstić information content (AvgIpc) is 3.19. The number of hydrogen-bond donors (Lipinski definition) is 3. The fourth-order valence-corrected chi connectivity index (χ4v) is 3.48. The summed E-state index contributed by atoms with van der Waals surface area (Å²) in [4.78, 5) is 27.5. The number of hydrogen-bond acceptors (Lipinski definition) is 5. The number of nitrogen functional groups attached to an aromatic ring is 1. The Balaban J connectivity index is 1.62. The lowest BCUT2D eigenvalue weighted by atomic mass is 10.1. The Bertz CT molecular complexity index is 856. The van der Waals surface area contributed by atoms with Crippen molar-refractivity contribution in [3.05, 3.63) is 54.1 Å². The van der Waals surface area contributed by atoms with Crippen LogP contribution in [0.25, 0.3) is 0 Å². The Hall–Kier alpha value is -3.26. The van der Waals surface area contributed by atoms with E-state index < -0.39 is 6.09 Å². The van der Waals surface area contributed by atoms with Crippen molar-refractivity contribution < 1.29 is 19.4 Å². The second-order valence-electron chi connectivity index (χ2n) is 6.95. The van der Waals surface area contributed by atoms with Crippen molar-refractivity contribution in [3.63, 3.8) is 0 Å². The number of nitrogens with one attached hydrogen (secondary N) is 1. The van der Waals surface area contributed by atoms with Crippen LogP contribution in [0, 0.1) is 0 Å². The van der Waals surface area contributed by atoms with E-state index in [4.69, 9.17) is 10.5 Å². The van der Waals surface area contributed by atoms with Gasteiger partial charge >= 0.3 is 6.09 Å². The number of para-hydroxylation sites is 2. The van der Waals surface area contributed by atoms with Crippen LogP contribution in [-0.2, 0) is 4.74 Å². The third-order valence-electron chi connectivity index (χ3n) is 5.09. The maximum Gasteiger partial charge on any atom is 0.407 e. The molecule has 8 nitrogen and oxygen atoms in total. The highest BCUT2D eigenvalue weighted by atomic mass is 16.5. The van der Waals surface area contributed by atoms with Crippen molar-refractivity contribution in [1.82, 2.24) is 4.90 Å². The van der Waals surface area contributed by atoms with E-state index in [9.17, 15) is 14.7 Å². The lowest BCUT2D eigenvalue weighted by Crippen LogP contribution is -2.43. The smallest absolute Gasteiger partial charge is 0.407 e. The Kier molecular flexibility index (Phi) is 6.56.